The van der Waals surface area contributed by atoms with Crippen molar-refractivity contribution in [3.8, 4) is 0 Å². The van der Waals surface area contributed by atoms with E-state index in [0.29, 0.717) is 0 Å². The Labute approximate surface area is 77.5 Å². The summed E-state index contributed by atoms with van der Waals surface area (Å²) < 4.78 is 0. The molecule has 0 saturated heterocycles. The van der Waals surface area contributed by atoms with Gasteiger partial charge in [0.05, 0.1) is 18.1 Å². The van der Waals surface area contributed by atoms with Crippen molar-refractivity contribution in [1.29, 1.82) is 0 Å². The third-order valence-corrected chi connectivity index (χ3v) is 1.43. The van der Waals surface area contributed by atoms with E-state index in [0.717, 1.165) is 11.3 Å². The molecule has 0 radical (unpaired) electrons. The molecule has 1 heterocycles. The lowest BCUT2D eigenvalue weighted by atomic mass is 10.2. The Hall–Kier alpha value is -1.77. The molecule has 3 nitrogen and oxygen atoms in total. The molecule has 1 aromatic heterocycles. The summed E-state index contributed by atoms with van der Waals surface area (Å²) in [5, 5.41) is 7.46. The minimum Gasteiger partial charge on any atom is -0.257 e. The normalized spacial score (nSPS) is 11.9. The van der Waals surface area contributed by atoms with Gasteiger partial charge in [-0.05, 0) is 19.1 Å². The van der Waals surface area contributed by atoms with E-state index in [4.69, 9.17) is 0 Å². The molecule has 0 aliphatic heterocycles. The van der Waals surface area contributed by atoms with Crippen LogP contribution in [0.3, 0.4) is 0 Å². The molecular weight excluding hydrogens is 162 g/mol. The second-order valence-corrected chi connectivity index (χ2v) is 2.33. The van der Waals surface area contributed by atoms with E-state index in [1.807, 2.05) is 25.1 Å². The van der Waals surface area contributed by atoms with Crippen molar-refractivity contribution in [2.45, 2.75) is 6.92 Å². The molecular formula is C10H11N3. The van der Waals surface area contributed by atoms with Gasteiger partial charge in [-0.25, -0.2) is 0 Å². The zero-order valence-corrected chi connectivity index (χ0v) is 7.51. The lowest BCUT2D eigenvalue weighted by molar-refractivity contribution is 1.03. The quantitative estimate of drug-likeness (QED) is 0.655. The van der Waals surface area contributed by atoms with Crippen LogP contribution in [-0.2, 0) is 0 Å². The molecule has 0 unspecified atom stereocenters. The predicted molar refractivity (Wildman–Crippen MR) is 53.6 cm³/mol. The smallest absolute Gasteiger partial charge is 0.0715 e. The van der Waals surface area contributed by atoms with Gasteiger partial charge >= 0.3 is 0 Å². The lowest BCUT2D eigenvalue weighted by Gasteiger charge is -1.97. The second-order valence-electron chi connectivity index (χ2n) is 2.33. The van der Waals surface area contributed by atoms with Crippen LogP contribution in [0.25, 0.3) is 0 Å². The highest BCUT2D eigenvalue weighted by atomic mass is 15.1. The third-order valence-electron chi connectivity index (χ3n) is 1.43. The topological polar surface area (TPSA) is 38.1 Å². The number of hydrogen-bond donors (Lipinski definition) is 0. The molecule has 1 rings (SSSR count). The van der Waals surface area contributed by atoms with Crippen LogP contribution >= 0.6 is 0 Å². The molecule has 0 aliphatic rings. The largest absolute Gasteiger partial charge is 0.257 e. The molecule has 3 heteroatoms. The maximum absolute atomic E-state index is 4.11. The van der Waals surface area contributed by atoms with Crippen molar-refractivity contribution in [2.24, 2.45) is 4.99 Å². The van der Waals surface area contributed by atoms with Gasteiger partial charge in [-0.3, -0.25) is 4.99 Å². The Morgan fingerprint density at radius 3 is 2.92 bits per heavy atom. The molecule has 0 bridgehead atoms. The van der Waals surface area contributed by atoms with Crippen LogP contribution in [0, 0.1) is 0 Å². The highest BCUT2D eigenvalue weighted by Crippen LogP contribution is 1.99. The fourth-order valence-corrected chi connectivity index (χ4v) is 0.912. The first-order chi connectivity index (χ1) is 6.38. The first kappa shape index (κ1) is 9.32. The molecule has 0 spiro atoms. The van der Waals surface area contributed by atoms with Crippen molar-refractivity contribution < 1.29 is 0 Å². The second kappa shape index (κ2) is 4.98. The van der Waals surface area contributed by atoms with E-state index in [-0.39, 0.29) is 0 Å². The van der Waals surface area contributed by atoms with E-state index in [1.54, 1.807) is 12.4 Å². The molecule has 0 saturated carbocycles. The Morgan fingerprint density at radius 1 is 1.54 bits per heavy atom. The van der Waals surface area contributed by atoms with Crippen LogP contribution in [-0.4, -0.2) is 15.9 Å². The maximum Gasteiger partial charge on any atom is 0.0715 e. The molecule has 0 N–H and O–H groups in total. The Kier molecular flexibility index (Phi) is 3.57. The number of allylic oxidation sites excluding steroid dienone is 2. The SMILES string of the molecule is C=CN=C(/C=C\C)c1ccnnc1. The van der Waals surface area contributed by atoms with Gasteiger partial charge < -0.3 is 0 Å². The first-order valence-electron chi connectivity index (χ1n) is 3.97. The number of aliphatic imine (C=N–C) groups is 1. The van der Waals surface area contributed by atoms with Crippen LogP contribution < -0.4 is 0 Å². The fraction of sp³-hybridized carbons (Fsp3) is 0.100. The van der Waals surface area contributed by atoms with Crippen molar-refractivity contribution in [1.82, 2.24) is 10.2 Å². The monoisotopic (exact) mass is 173 g/mol. The van der Waals surface area contributed by atoms with Gasteiger partial charge in [0.2, 0.25) is 0 Å². The predicted octanol–water partition coefficient (Wildman–Crippen LogP) is 1.99. The summed E-state index contributed by atoms with van der Waals surface area (Å²) in [5.74, 6) is 0. The van der Waals surface area contributed by atoms with Gasteiger partial charge in [0.25, 0.3) is 0 Å². The Bertz CT molecular complexity index is 325. The van der Waals surface area contributed by atoms with Crippen LogP contribution in [0.4, 0.5) is 0 Å². The van der Waals surface area contributed by atoms with Crippen LogP contribution in [0.2, 0.25) is 0 Å². The zero-order chi connectivity index (χ0) is 9.52. The molecule has 0 aromatic carbocycles. The molecule has 1 aromatic rings. The molecule has 0 fully saturated rings. The summed E-state index contributed by atoms with van der Waals surface area (Å²) in [5.41, 5.74) is 1.78. The van der Waals surface area contributed by atoms with Gasteiger partial charge in [0.1, 0.15) is 0 Å². The van der Waals surface area contributed by atoms with Crippen molar-refractivity contribution in [3.63, 3.8) is 0 Å². The van der Waals surface area contributed by atoms with E-state index in [2.05, 4.69) is 21.8 Å². The molecule has 0 amide bonds. The summed E-state index contributed by atoms with van der Waals surface area (Å²) in [6.07, 6.45) is 8.64. The summed E-state index contributed by atoms with van der Waals surface area (Å²) in [7, 11) is 0. The van der Waals surface area contributed by atoms with Crippen molar-refractivity contribution >= 4 is 5.71 Å². The highest BCUT2D eigenvalue weighted by molar-refractivity contribution is 6.08. The average Bonchev–Trinajstić information content (AvgIpc) is 2.19. The fourth-order valence-electron chi connectivity index (χ4n) is 0.912. The number of rotatable bonds is 3. The van der Waals surface area contributed by atoms with E-state index < -0.39 is 0 Å². The third kappa shape index (κ3) is 2.63. The molecule has 0 atom stereocenters. The number of nitrogens with zero attached hydrogens (tertiary/aromatic N) is 3. The maximum atomic E-state index is 4.11. The Morgan fingerprint density at radius 2 is 2.38 bits per heavy atom. The van der Waals surface area contributed by atoms with Crippen molar-refractivity contribution in [2.75, 3.05) is 0 Å². The first-order valence-corrected chi connectivity index (χ1v) is 3.97. The zero-order valence-electron chi connectivity index (χ0n) is 7.51. The van der Waals surface area contributed by atoms with Gasteiger partial charge in [-0.1, -0.05) is 12.7 Å². The van der Waals surface area contributed by atoms with Crippen molar-refractivity contribution in [3.05, 3.63) is 49.0 Å². The average molecular weight is 173 g/mol. The standard InChI is InChI=1S/C10H11N3/c1-3-5-10(11-4-2)9-6-7-12-13-8-9/h3-8H,2H2,1H3/b5-3-,11-10?. The van der Waals surface area contributed by atoms with Gasteiger partial charge in [-0.15, -0.1) is 0 Å². The Balaban J connectivity index is 3.03. The van der Waals surface area contributed by atoms with Gasteiger partial charge in [-0.2, -0.15) is 10.2 Å². The van der Waals surface area contributed by atoms with Gasteiger partial charge in [0.15, 0.2) is 0 Å². The lowest BCUT2D eigenvalue weighted by Crippen LogP contribution is -1.97. The highest BCUT2D eigenvalue weighted by Gasteiger charge is 1.96. The summed E-state index contributed by atoms with van der Waals surface area (Å²) >= 11 is 0. The minimum atomic E-state index is 0.840. The summed E-state index contributed by atoms with van der Waals surface area (Å²) in [6.45, 7) is 5.49. The van der Waals surface area contributed by atoms with E-state index in [1.165, 1.54) is 6.20 Å². The molecule has 66 valence electrons. The van der Waals surface area contributed by atoms with E-state index in [9.17, 15) is 0 Å². The molecule has 0 aliphatic carbocycles. The summed E-state index contributed by atoms with van der Waals surface area (Å²) in [4.78, 5) is 4.11. The summed E-state index contributed by atoms with van der Waals surface area (Å²) in [6, 6.07) is 1.86. The van der Waals surface area contributed by atoms with Crippen LogP contribution in [0.15, 0.2) is 48.4 Å². The number of hydrogen-bond acceptors (Lipinski definition) is 3. The molecule has 13 heavy (non-hydrogen) atoms. The minimum absolute atomic E-state index is 0.840. The van der Waals surface area contributed by atoms with Crippen LogP contribution in [0.5, 0.6) is 0 Å². The van der Waals surface area contributed by atoms with Gasteiger partial charge in [0, 0.05) is 11.8 Å². The van der Waals surface area contributed by atoms with Crippen LogP contribution in [0.1, 0.15) is 12.5 Å². The van der Waals surface area contributed by atoms with E-state index >= 15 is 0 Å². The number of aromatic nitrogens is 2.